The number of anilines is 1. The topological polar surface area (TPSA) is 75.2 Å². The quantitative estimate of drug-likeness (QED) is 0.839. The maximum atomic E-state index is 12.2. The number of carbonyl (C=O) groups excluding carboxylic acids is 2. The highest BCUT2D eigenvalue weighted by Gasteiger charge is 2.18. The molecule has 1 aromatic heterocycles. The number of rotatable bonds is 6. The van der Waals surface area contributed by atoms with Gasteiger partial charge in [0.05, 0.1) is 5.75 Å². The van der Waals surface area contributed by atoms with E-state index in [9.17, 15) is 9.59 Å². The first-order valence-corrected chi connectivity index (χ1v) is 10.1. The highest BCUT2D eigenvalue weighted by molar-refractivity contribution is 7.99. The van der Waals surface area contributed by atoms with Crippen molar-refractivity contribution in [3.63, 3.8) is 0 Å². The van der Waals surface area contributed by atoms with Gasteiger partial charge in [-0.25, -0.2) is 0 Å². The third kappa shape index (κ3) is 5.02. The molecule has 0 unspecified atom stereocenters. The Morgan fingerprint density at radius 3 is 2.64 bits per heavy atom. The normalized spacial score (nSPS) is 13.9. The molecule has 0 radical (unpaired) electrons. The van der Waals surface area contributed by atoms with E-state index in [4.69, 9.17) is 0 Å². The van der Waals surface area contributed by atoms with E-state index in [0.717, 1.165) is 42.2 Å². The van der Waals surface area contributed by atoms with Crippen molar-refractivity contribution in [3.8, 4) is 0 Å². The van der Waals surface area contributed by atoms with Gasteiger partial charge in [0.1, 0.15) is 5.01 Å². The fourth-order valence-electron chi connectivity index (χ4n) is 2.51. The van der Waals surface area contributed by atoms with Crippen molar-refractivity contribution in [1.29, 1.82) is 0 Å². The van der Waals surface area contributed by atoms with Gasteiger partial charge in [0, 0.05) is 24.5 Å². The molecule has 1 aliphatic heterocycles. The minimum absolute atomic E-state index is 0.185. The number of aromatic nitrogens is 2. The van der Waals surface area contributed by atoms with Crippen LogP contribution in [0.5, 0.6) is 0 Å². The zero-order valence-corrected chi connectivity index (χ0v) is 15.7. The second kappa shape index (κ2) is 8.44. The largest absolute Gasteiger partial charge is 0.342 e. The van der Waals surface area contributed by atoms with Gasteiger partial charge in [0.2, 0.25) is 10.9 Å². The molecule has 1 aliphatic rings. The Bertz CT molecular complexity index is 739. The predicted molar refractivity (Wildman–Crippen MR) is 101 cm³/mol. The Hall–Kier alpha value is -1.93. The number of hydrogen-bond donors (Lipinski definition) is 1. The number of thioether (sulfide) groups is 1. The van der Waals surface area contributed by atoms with Gasteiger partial charge in [0.25, 0.3) is 5.91 Å². The molecule has 25 heavy (non-hydrogen) atoms. The van der Waals surface area contributed by atoms with Crippen LogP contribution in [0.1, 0.15) is 33.2 Å². The van der Waals surface area contributed by atoms with Crippen molar-refractivity contribution in [2.24, 2.45) is 0 Å². The summed E-state index contributed by atoms with van der Waals surface area (Å²) in [7, 11) is 0. The Kier molecular flexibility index (Phi) is 6.04. The first-order valence-electron chi connectivity index (χ1n) is 8.18. The average molecular weight is 377 g/mol. The fraction of sp³-hybridized carbons (Fsp3) is 0.412. The zero-order chi connectivity index (χ0) is 17.6. The van der Waals surface area contributed by atoms with Crippen molar-refractivity contribution < 1.29 is 9.59 Å². The third-order valence-corrected chi connectivity index (χ3v) is 5.91. The molecule has 2 heterocycles. The maximum Gasteiger partial charge on any atom is 0.286 e. The van der Waals surface area contributed by atoms with Crippen LogP contribution in [0.2, 0.25) is 0 Å². The van der Waals surface area contributed by atoms with Crippen LogP contribution in [0.15, 0.2) is 24.3 Å². The minimum atomic E-state index is -0.259. The maximum absolute atomic E-state index is 12.2. The molecular weight excluding hydrogens is 356 g/mol. The van der Waals surface area contributed by atoms with Crippen LogP contribution in [0, 0.1) is 6.92 Å². The molecule has 1 fully saturated rings. The second-order valence-corrected chi connectivity index (χ2v) is 7.95. The average Bonchev–Trinajstić information content (AvgIpc) is 3.28. The van der Waals surface area contributed by atoms with Crippen LogP contribution in [-0.2, 0) is 10.5 Å². The highest BCUT2D eigenvalue weighted by Crippen LogP contribution is 2.19. The SMILES string of the molecule is Cc1ccc(NC(=O)c2nnc(CSCC(=O)N3CCCC3)s2)cc1. The molecule has 1 aromatic carbocycles. The van der Waals surface area contributed by atoms with Crippen molar-refractivity contribution in [1.82, 2.24) is 15.1 Å². The lowest BCUT2D eigenvalue weighted by Gasteiger charge is -2.14. The first kappa shape index (κ1) is 17.9. The fourth-order valence-corrected chi connectivity index (χ4v) is 4.22. The molecule has 1 saturated heterocycles. The van der Waals surface area contributed by atoms with Gasteiger partial charge in [-0.05, 0) is 31.9 Å². The summed E-state index contributed by atoms with van der Waals surface area (Å²) in [6.07, 6.45) is 2.21. The van der Waals surface area contributed by atoms with Gasteiger partial charge in [-0.3, -0.25) is 9.59 Å². The molecule has 3 rings (SSSR count). The summed E-state index contributed by atoms with van der Waals surface area (Å²) in [5.74, 6) is 0.967. The highest BCUT2D eigenvalue weighted by atomic mass is 32.2. The van der Waals surface area contributed by atoms with E-state index in [1.807, 2.05) is 36.1 Å². The summed E-state index contributed by atoms with van der Waals surface area (Å²) in [4.78, 5) is 26.1. The van der Waals surface area contributed by atoms with E-state index in [1.165, 1.54) is 23.1 Å². The lowest BCUT2D eigenvalue weighted by molar-refractivity contribution is -0.127. The van der Waals surface area contributed by atoms with E-state index in [1.54, 1.807) is 0 Å². The Labute approximate surface area is 155 Å². The van der Waals surface area contributed by atoms with Crippen LogP contribution < -0.4 is 5.32 Å². The number of aryl methyl sites for hydroxylation is 1. The lowest BCUT2D eigenvalue weighted by atomic mass is 10.2. The van der Waals surface area contributed by atoms with Gasteiger partial charge in [-0.2, -0.15) is 0 Å². The van der Waals surface area contributed by atoms with Crippen molar-refractivity contribution in [3.05, 3.63) is 39.8 Å². The Morgan fingerprint density at radius 2 is 1.92 bits per heavy atom. The summed E-state index contributed by atoms with van der Waals surface area (Å²) in [6.45, 7) is 3.75. The minimum Gasteiger partial charge on any atom is -0.342 e. The molecular formula is C17H20N4O2S2. The van der Waals surface area contributed by atoms with Crippen LogP contribution >= 0.6 is 23.1 Å². The molecule has 1 N–H and O–H groups in total. The molecule has 6 nitrogen and oxygen atoms in total. The lowest BCUT2D eigenvalue weighted by Crippen LogP contribution is -2.29. The molecule has 0 bridgehead atoms. The predicted octanol–water partition coefficient (Wildman–Crippen LogP) is 2.95. The number of nitrogens with zero attached hydrogens (tertiary/aromatic N) is 3. The van der Waals surface area contributed by atoms with Gasteiger partial charge < -0.3 is 10.2 Å². The molecule has 2 amide bonds. The summed E-state index contributed by atoms with van der Waals surface area (Å²) >= 11 is 2.78. The van der Waals surface area contributed by atoms with Crippen molar-refractivity contribution in [2.45, 2.75) is 25.5 Å². The Morgan fingerprint density at radius 1 is 1.20 bits per heavy atom. The van der Waals surface area contributed by atoms with Crippen LogP contribution in [0.4, 0.5) is 5.69 Å². The second-order valence-electron chi connectivity index (χ2n) is 5.90. The first-order chi connectivity index (χ1) is 12.1. The van der Waals surface area contributed by atoms with E-state index >= 15 is 0 Å². The van der Waals surface area contributed by atoms with E-state index in [-0.39, 0.29) is 11.8 Å². The van der Waals surface area contributed by atoms with Crippen LogP contribution in [0.3, 0.4) is 0 Å². The molecule has 0 saturated carbocycles. The van der Waals surface area contributed by atoms with Crippen LogP contribution in [0.25, 0.3) is 0 Å². The summed E-state index contributed by atoms with van der Waals surface area (Å²) in [5, 5.41) is 11.9. The van der Waals surface area contributed by atoms with Crippen molar-refractivity contribution in [2.75, 3.05) is 24.2 Å². The van der Waals surface area contributed by atoms with Gasteiger partial charge in [0.15, 0.2) is 0 Å². The van der Waals surface area contributed by atoms with E-state index < -0.39 is 0 Å². The smallest absolute Gasteiger partial charge is 0.286 e. The van der Waals surface area contributed by atoms with E-state index in [0.29, 0.717) is 16.5 Å². The van der Waals surface area contributed by atoms with Gasteiger partial charge >= 0.3 is 0 Å². The van der Waals surface area contributed by atoms with Gasteiger partial charge in [-0.15, -0.1) is 22.0 Å². The Balaban J connectivity index is 1.47. The molecule has 132 valence electrons. The molecule has 0 aliphatic carbocycles. The number of amides is 2. The number of nitrogens with one attached hydrogen (secondary N) is 1. The molecule has 8 heteroatoms. The standard InChI is InChI=1S/C17H20N4O2S2/c1-12-4-6-13(7-5-12)18-16(23)17-20-19-14(25-17)10-24-11-15(22)21-8-2-3-9-21/h4-7H,2-3,8-11H2,1H3,(H,18,23). The summed E-state index contributed by atoms with van der Waals surface area (Å²) < 4.78 is 0. The molecule has 0 atom stereocenters. The monoisotopic (exact) mass is 376 g/mol. The number of carbonyl (C=O) groups is 2. The van der Waals surface area contributed by atoms with Gasteiger partial charge in [-0.1, -0.05) is 29.0 Å². The third-order valence-electron chi connectivity index (χ3n) is 3.88. The van der Waals surface area contributed by atoms with E-state index in [2.05, 4.69) is 15.5 Å². The number of hydrogen-bond acceptors (Lipinski definition) is 6. The molecule has 0 spiro atoms. The summed E-state index contributed by atoms with van der Waals surface area (Å²) in [5.41, 5.74) is 1.87. The zero-order valence-electron chi connectivity index (χ0n) is 14.0. The number of likely N-dealkylation sites (tertiary alicyclic amines) is 1. The van der Waals surface area contributed by atoms with Crippen molar-refractivity contribution >= 4 is 40.6 Å². The van der Waals surface area contributed by atoms with Crippen LogP contribution in [-0.4, -0.2) is 45.8 Å². The summed E-state index contributed by atoms with van der Waals surface area (Å²) in [6, 6.07) is 7.59. The molecule has 2 aromatic rings. The number of benzene rings is 1.